The molecular formula is C20H25NO3. The monoisotopic (exact) mass is 327 g/mol. The van der Waals surface area contributed by atoms with Crippen LogP contribution < -0.4 is 4.74 Å². The lowest BCUT2D eigenvalue weighted by Crippen LogP contribution is -2.13. The molecule has 0 fully saturated rings. The van der Waals surface area contributed by atoms with Crippen molar-refractivity contribution in [3.63, 3.8) is 0 Å². The van der Waals surface area contributed by atoms with Crippen molar-refractivity contribution in [2.24, 2.45) is 5.92 Å². The van der Waals surface area contributed by atoms with E-state index in [1.54, 1.807) is 24.3 Å². The number of aryl methyl sites for hydroxylation is 1. The van der Waals surface area contributed by atoms with Gasteiger partial charge in [-0.1, -0.05) is 26.0 Å². The smallest absolute Gasteiger partial charge is 0.202 e. The molecule has 0 aliphatic carbocycles. The average molecular weight is 327 g/mol. The maximum Gasteiger partial charge on any atom is 0.202 e. The minimum absolute atomic E-state index is 0.0310. The first-order valence-electron chi connectivity index (χ1n) is 8.30. The molecule has 0 aliphatic heterocycles. The van der Waals surface area contributed by atoms with Gasteiger partial charge in [-0.2, -0.15) is 0 Å². The summed E-state index contributed by atoms with van der Waals surface area (Å²) in [4.78, 5) is 23.3. The van der Waals surface area contributed by atoms with Gasteiger partial charge in [-0.3, -0.25) is 9.59 Å². The average Bonchev–Trinajstić information content (AvgIpc) is 2.85. The van der Waals surface area contributed by atoms with Crippen LogP contribution in [-0.2, 0) is 6.54 Å². The van der Waals surface area contributed by atoms with Crippen LogP contribution in [0.25, 0.3) is 0 Å². The zero-order chi connectivity index (χ0) is 17.7. The number of carbonyl (C=O) groups is 2. The van der Waals surface area contributed by atoms with Gasteiger partial charge in [0.15, 0.2) is 6.61 Å². The number of carbonyl (C=O) groups excluding carboxylic acids is 2. The Morgan fingerprint density at radius 1 is 1.25 bits per heavy atom. The number of ether oxygens (including phenoxy) is 1. The van der Waals surface area contributed by atoms with Crippen LogP contribution in [0.15, 0.2) is 30.3 Å². The van der Waals surface area contributed by atoms with Crippen molar-refractivity contribution in [3.05, 3.63) is 52.8 Å². The van der Waals surface area contributed by atoms with Gasteiger partial charge < -0.3 is 9.30 Å². The molecule has 0 unspecified atom stereocenters. The predicted octanol–water partition coefficient (Wildman–Crippen LogP) is 4.23. The van der Waals surface area contributed by atoms with Crippen molar-refractivity contribution in [3.8, 4) is 5.75 Å². The molecule has 0 atom stereocenters. The van der Waals surface area contributed by atoms with Crippen LogP contribution in [0.4, 0.5) is 0 Å². The largest absolute Gasteiger partial charge is 0.485 e. The van der Waals surface area contributed by atoms with E-state index in [1.807, 2.05) is 19.9 Å². The molecule has 1 aromatic heterocycles. The first-order valence-corrected chi connectivity index (χ1v) is 8.30. The molecule has 2 aromatic rings. The molecule has 0 radical (unpaired) electrons. The van der Waals surface area contributed by atoms with E-state index >= 15 is 0 Å². The highest BCUT2D eigenvalue weighted by Gasteiger charge is 2.16. The summed E-state index contributed by atoms with van der Waals surface area (Å²) in [5.41, 5.74) is 3.33. The molecule has 0 amide bonds. The molecule has 0 saturated heterocycles. The molecule has 0 bridgehead atoms. The van der Waals surface area contributed by atoms with Crippen molar-refractivity contribution < 1.29 is 14.3 Å². The van der Waals surface area contributed by atoms with Crippen LogP contribution in [-0.4, -0.2) is 23.2 Å². The molecule has 24 heavy (non-hydrogen) atoms. The SMILES string of the molecule is Cc1cc(C(=O)COc2cccc(C=O)c2)c(C)n1CCC(C)C. The van der Waals surface area contributed by atoms with Crippen molar-refractivity contribution in [1.29, 1.82) is 0 Å². The van der Waals surface area contributed by atoms with Crippen molar-refractivity contribution >= 4 is 12.1 Å². The fourth-order valence-corrected chi connectivity index (χ4v) is 2.72. The fourth-order valence-electron chi connectivity index (χ4n) is 2.72. The summed E-state index contributed by atoms with van der Waals surface area (Å²) < 4.78 is 7.74. The maximum absolute atomic E-state index is 12.5. The molecular weight excluding hydrogens is 302 g/mol. The number of ketones is 1. The Hall–Kier alpha value is -2.36. The Morgan fingerprint density at radius 2 is 2.00 bits per heavy atom. The maximum atomic E-state index is 12.5. The second kappa shape index (κ2) is 7.95. The first-order chi connectivity index (χ1) is 11.4. The van der Waals surface area contributed by atoms with E-state index in [2.05, 4.69) is 18.4 Å². The molecule has 4 nitrogen and oxygen atoms in total. The molecule has 1 heterocycles. The number of Topliss-reactive ketones (excluding diaryl/α,β-unsaturated/α-hetero) is 1. The molecule has 1 aromatic carbocycles. The Labute approximate surface area is 143 Å². The van der Waals surface area contributed by atoms with Gasteiger partial charge in [0, 0.05) is 29.1 Å². The van der Waals surface area contributed by atoms with E-state index in [4.69, 9.17) is 4.74 Å². The Balaban J connectivity index is 2.06. The second-order valence-corrected chi connectivity index (χ2v) is 6.52. The van der Waals surface area contributed by atoms with Gasteiger partial charge in [0.2, 0.25) is 5.78 Å². The van der Waals surface area contributed by atoms with Gasteiger partial charge in [0.05, 0.1) is 0 Å². The zero-order valence-electron chi connectivity index (χ0n) is 14.8. The van der Waals surface area contributed by atoms with Crippen LogP contribution in [0.1, 0.15) is 52.4 Å². The van der Waals surface area contributed by atoms with Crippen LogP contribution >= 0.6 is 0 Å². The third-order valence-corrected chi connectivity index (χ3v) is 4.17. The van der Waals surface area contributed by atoms with Gasteiger partial charge in [-0.15, -0.1) is 0 Å². The number of hydrogen-bond acceptors (Lipinski definition) is 3. The summed E-state index contributed by atoms with van der Waals surface area (Å²) >= 11 is 0. The number of aldehydes is 1. The van der Waals surface area contributed by atoms with E-state index in [0.717, 1.165) is 30.6 Å². The van der Waals surface area contributed by atoms with E-state index < -0.39 is 0 Å². The van der Waals surface area contributed by atoms with Gasteiger partial charge >= 0.3 is 0 Å². The summed E-state index contributed by atoms with van der Waals surface area (Å²) in [6, 6.07) is 8.74. The molecule has 4 heteroatoms. The summed E-state index contributed by atoms with van der Waals surface area (Å²) in [7, 11) is 0. The third kappa shape index (κ3) is 4.34. The quantitative estimate of drug-likeness (QED) is 0.538. The Kier molecular flexibility index (Phi) is 5.96. The fraction of sp³-hybridized carbons (Fsp3) is 0.400. The molecule has 0 N–H and O–H groups in total. The van der Waals surface area contributed by atoms with Crippen molar-refractivity contribution in [2.45, 2.75) is 40.7 Å². The number of aromatic nitrogens is 1. The minimum Gasteiger partial charge on any atom is -0.485 e. The topological polar surface area (TPSA) is 48.3 Å². The highest BCUT2D eigenvalue weighted by Crippen LogP contribution is 2.19. The summed E-state index contributed by atoms with van der Waals surface area (Å²) in [6.07, 6.45) is 1.84. The molecule has 128 valence electrons. The van der Waals surface area contributed by atoms with E-state index in [1.165, 1.54) is 0 Å². The van der Waals surface area contributed by atoms with Crippen LogP contribution in [0.2, 0.25) is 0 Å². The van der Waals surface area contributed by atoms with Crippen LogP contribution in [0, 0.1) is 19.8 Å². The van der Waals surface area contributed by atoms with Crippen molar-refractivity contribution in [2.75, 3.05) is 6.61 Å². The Morgan fingerprint density at radius 3 is 2.67 bits per heavy atom. The lowest BCUT2D eigenvalue weighted by atomic mass is 10.1. The highest BCUT2D eigenvalue weighted by molar-refractivity contribution is 5.98. The zero-order valence-corrected chi connectivity index (χ0v) is 14.8. The highest BCUT2D eigenvalue weighted by atomic mass is 16.5. The summed E-state index contributed by atoms with van der Waals surface area (Å²) in [5.74, 6) is 1.11. The molecule has 2 rings (SSSR count). The van der Waals surface area contributed by atoms with Crippen LogP contribution in [0.3, 0.4) is 0 Å². The Bertz CT molecular complexity index is 728. The molecule has 0 spiro atoms. The predicted molar refractivity (Wildman–Crippen MR) is 95.0 cm³/mol. The second-order valence-electron chi connectivity index (χ2n) is 6.52. The van der Waals surface area contributed by atoms with E-state index in [0.29, 0.717) is 22.8 Å². The number of benzene rings is 1. The molecule has 0 aliphatic rings. The van der Waals surface area contributed by atoms with Crippen molar-refractivity contribution in [1.82, 2.24) is 4.57 Å². The summed E-state index contributed by atoms with van der Waals surface area (Å²) in [5, 5.41) is 0. The van der Waals surface area contributed by atoms with Gasteiger partial charge in [-0.25, -0.2) is 0 Å². The van der Waals surface area contributed by atoms with E-state index in [9.17, 15) is 9.59 Å². The summed E-state index contributed by atoms with van der Waals surface area (Å²) in [6.45, 7) is 9.29. The van der Waals surface area contributed by atoms with Gasteiger partial charge in [0.25, 0.3) is 0 Å². The van der Waals surface area contributed by atoms with Gasteiger partial charge in [0.1, 0.15) is 12.0 Å². The normalized spacial score (nSPS) is 10.9. The first kappa shape index (κ1) is 18.0. The number of hydrogen-bond donors (Lipinski definition) is 0. The molecule has 0 saturated carbocycles. The number of nitrogens with zero attached hydrogens (tertiary/aromatic N) is 1. The third-order valence-electron chi connectivity index (χ3n) is 4.17. The van der Waals surface area contributed by atoms with Crippen LogP contribution in [0.5, 0.6) is 5.75 Å². The standard InChI is InChI=1S/C20H25NO3/c1-14(2)8-9-21-15(3)10-19(16(21)4)20(23)13-24-18-7-5-6-17(11-18)12-22/h5-7,10-12,14H,8-9,13H2,1-4H3. The lowest BCUT2D eigenvalue weighted by molar-refractivity contribution is 0.0920. The number of rotatable bonds is 8. The van der Waals surface area contributed by atoms with Gasteiger partial charge in [-0.05, 0) is 44.4 Å². The lowest BCUT2D eigenvalue weighted by Gasteiger charge is -2.11. The minimum atomic E-state index is -0.0459. The van der Waals surface area contributed by atoms with E-state index in [-0.39, 0.29) is 12.4 Å².